The van der Waals surface area contributed by atoms with Crippen LogP contribution in [0.2, 0.25) is 5.02 Å². The lowest BCUT2D eigenvalue weighted by Gasteiger charge is -2.05. The van der Waals surface area contributed by atoms with E-state index in [0.29, 0.717) is 22.5 Å². The third-order valence-corrected chi connectivity index (χ3v) is 4.24. The van der Waals surface area contributed by atoms with E-state index >= 15 is 0 Å². The summed E-state index contributed by atoms with van der Waals surface area (Å²) < 4.78 is 37.0. The molecule has 0 radical (unpaired) electrons. The van der Waals surface area contributed by atoms with Gasteiger partial charge in [-0.1, -0.05) is 17.7 Å². The average molecular weight is 397 g/mol. The van der Waals surface area contributed by atoms with Gasteiger partial charge < -0.3 is 9.47 Å². The van der Waals surface area contributed by atoms with E-state index in [9.17, 15) is 13.6 Å². The van der Waals surface area contributed by atoms with Gasteiger partial charge in [-0.25, -0.2) is 14.2 Å². The zero-order valence-corrected chi connectivity index (χ0v) is 15.4. The van der Waals surface area contributed by atoms with Crippen LogP contribution < -0.4 is 4.74 Å². The van der Waals surface area contributed by atoms with Crippen LogP contribution in [-0.4, -0.2) is 39.3 Å². The number of ether oxygens (including phenoxy) is 2. The molecule has 0 saturated heterocycles. The molecule has 2 heterocycles. The SMILES string of the molecule is COC(=O)c1cc(-c2cnn(-c3c(C)c(OC(F)F)nn3C)c2)ccc1Cl. The Morgan fingerprint density at radius 3 is 2.70 bits per heavy atom. The van der Waals surface area contributed by atoms with Crippen molar-refractivity contribution in [2.75, 3.05) is 7.11 Å². The zero-order chi connectivity index (χ0) is 19.7. The van der Waals surface area contributed by atoms with Crippen LogP contribution in [0, 0.1) is 6.92 Å². The number of aryl methyl sites for hydroxylation is 1. The van der Waals surface area contributed by atoms with Crippen LogP contribution in [0.5, 0.6) is 5.88 Å². The molecule has 3 aromatic rings. The van der Waals surface area contributed by atoms with Gasteiger partial charge >= 0.3 is 12.6 Å². The van der Waals surface area contributed by atoms with Crippen molar-refractivity contribution < 1.29 is 23.0 Å². The maximum absolute atomic E-state index is 12.5. The number of benzene rings is 1. The quantitative estimate of drug-likeness (QED) is 0.616. The molecule has 0 unspecified atom stereocenters. The van der Waals surface area contributed by atoms with Crippen molar-refractivity contribution in [1.82, 2.24) is 19.6 Å². The summed E-state index contributed by atoms with van der Waals surface area (Å²) in [5, 5.41) is 8.47. The molecule has 7 nitrogen and oxygen atoms in total. The van der Waals surface area contributed by atoms with Crippen LogP contribution in [0.25, 0.3) is 16.9 Å². The van der Waals surface area contributed by atoms with Gasteiger partial charge in [0.25, 0.3) is 0 Å². The van der Waals surface area contributed by atoms with Crippen molar-refractivity contribution in [1.29, 1.82) is 0 Å². The number of esters is 1. The summed E-state index contributed by atoms with van der Waals surface area (Å²) in [7, 11) is 2.87. The van der Waals surface area contributed by atoms with E-state index in [2.05, 4.69) is 14.9 Å². The number of carbonyl (C=O) groups excluding carboxylic acids is 1. The number of carbonyl (C=O) groups is 1. The molecule has 0 aliphatic carbocycles. The normalized spacial score (nSPS) is 11.1. The third kappa shape index (κ3) is 3.63. The van der Waals surface area contributed by atoms with Gasteiger partial charge in [0.15, 0.2) is 5.82 Å². The fourth-order valence-corrected chi connectivity index (χ4v) is 2.87. The highest BCUT2D eigenvalue weighted by Gasteiger charge is 2.19. The van der Waals surface area contributed by atoms with Gasteiger partial charge in [-0.3, -0.25) is 0 Å². The minimum atomic E-state index is -2.97. The number of hydrogen-bond donors (Lipinski definition) is 0. The molecule has 1 aromatic carbocycles. The highest BCUT2D eigenvalue weighted by molar-refractivity contribution is 6.33. The van der Waals surface area contributed by atoms with Gasteiger partial charge in [-0.05, 0) is 24.6 Å². The topological polar surface area (TPSA) is 71.2 Å². The van der Waals surface area contributed by atoms with Crippen LogP contribution in [0.3, 0.4) is 0 Å². The maximum Gasteiger partial charge on any atom is 0.388 e. The molecule has 27 heavy (non-hydrogen) atoms. The molecule has 0 N–H and O–H groups in total. The average Bonchev–Trinajstić information content (AvgIpc) is 3.19. The molecule has 0 fully saturated rings. The number of rotatable bonds is 5. The molecule has 142 valence electrons. The first kappa shape index (κ1) is 18.8. The third-order valence-electron chi connectivity index (χ3n) is 3.91. The standard InChI is InChI=1S/C17H15ClF2N4O3/c1-9-14(27-17(19)20)22-23(2)15(9)24-8-11(7-21-24)10-4-5-13(18)12(6-10)16(25)26-3/h4-8,17H,1-3H3. The second-order valence-corrected chi connectivity index (χ2v) is 6.02. The molecule has 0 saturated carbocycles. The summed E-state index contributed by atoms with van der Waals surface area (Å²) in [4.78, 5) is 11.8. The molecule has 10 heteroatoms. The van der Waals surface area contributed by atoms with Crippen LogP contribution in [0.4, 0.5) is 8.78 Å². The molecule has 0 spiro atoms. The van der Waals surface area contributed by atoms with E-state index < -0.39 is 12.6 Å². The summed E-state index contributed by atoms with van der Waals surface area (Å²) in [5.41, 5.74) is 2.02. The second-order valence-electron chi connectivity index (χ2n) is 5.62. The summed E-state index contributed by atoms with van der Waals surface area (Å²) in [6.45, 7) is -1.36. The van der Waals surface area contributed by atoms with Crippen molar-refractivity contribution in [3.8, 4) is 22.8 Å². The first-order valence-corrected chi connectivity index (χ1v) is 8.11. The van der Waals surface area contributed by atoms with Crippen molar-refractivity contribution in [2.45, 2.75) is 13.5 Å². The van der Waals surface area contributed by atoms with Gasteiger partial charge in [-0.15, -0.1) is 5.10 Å². The van der Waals surface area contributed by atoms with E-state index in [4.69, 9.17) is 16.3 Å². The summed E-state index contributed by atoms with van der Waals surface area (Å²) >= 11 is 6.04. The monoisotopic (exact) mass is 396 g/mol. The van der Waals surface area contributed by atoms with Gasteiger partial charge in [0.05, 0.1) is 29.5 Å². The Hall–Kier alpha value is -2.94. The molecular weight excluding hydrogens is 382 g/mol. The lowest BCUT2D eigenvalue weighted by Crippen LogP contribution is -2.04. The molecule has 3 rings (SSSR count). The molecule has 0 aliphatic heterocycles. The first-order valence-electron chi connectivity index (χ1n) is 7.73. The smallest absolute Gasteiger partial charge is 0.388 e. The van der Waals surface area contributed by atoms with Gasteiger partial charge in [0.2, 0.25) is 5.88 Å². The summed E-state index contributed by atoms with van der Waals surface area (Å²) in [5.74, 6) is -0.247. The molecular formula is C17H15ClF2N4O3. The Morgan fingerprint density at radius 1 is 1.30 bits per heavy atom. The molecule has 0 amide bonds. The van der Waals surface area contributed by atoms with Crippen LogP contribution in [0.15, 0.2) is 30.6 Å². The minimum Gasteiger partial charge on any atom is -0.465 e. The molecule has 0 atom stereocenters. The van der Waals surface area contributed by atoms with E-state index in [0.717, 1.165) is 0 Å². The summed E-state index contributed by atoms with van der Waals surface area (Å²) in [6, 6.07) is 4.92. The second kappa shape index (κ2) is 7.36. The Balaban J connectivity index is 1.99. The maximum atomic E-state index is 12.5. The summed E-state index contributed by atoms with van der Waals surface area (Å²) in [6.07, 6.45) is 3.25. The highest BCUT2D eigenvalue weighted by Crippen LogP contribution is 2.28. The van der Waals surface area contributed by atoms with Gasteiger partial charge in [-0.2, -0.15) is 13.9 Å². The minimum absolute atomic E-state index is 0.168. The molecule has 0 bridgehead atoms. The number of halogens is 3. The van der Waals surface area contributed by atoms with Crippen LogP contribution in [0.1, 0.15) is 15.9 Å². The first-order chi connectivity index (χ1) is 12.8. The number of hydrogen-bond acceptors (Lipinski definition) is 5. The molecule has 0 aliphatic rings. The van der Waals surface area contributed by atoms with Crippen LogP contribution >= 0.6 is 11.6 Å². The highest BCUT2D eigenvalue weighted by atomic mass is 35.5. The number of nitrogens with zero attached hydrogens (tertiary/aromatic N) is 4. The Labute approximate surface area is 158 Å². The number of aromatic nitrogens is 4. The van der Waals surface area contributed by atoms with Gasteiger partial charge in [0.1, 0.15) is 0 Å². The lowest BCUT2D eigenvalue weighted by molar-refractivity contribution is -0.0535. The zero-order valence-electron chi connectivity index (χ0n) is 14.6. The van der Waals surface area contributed by atoms with Gasteiger partial charge in [0, 0.05) is 18.8 Å². The van der Waals surface area contributed by atoms with E-state index in [1.54, 1.807) is 44.6 Å². The van der Waals surface area contributed by atoms with Crippen molar-refractivity contribution in [2.24, 2.45) is 7.05 Å². The van der Waals surface area contributed by atoms with Crippen molar-refractivity contribution >= 4 is 17.6 Å². The van der Waals surface area contributed by atoms with E-state index in [-0.39, 0.29) is 16.5 Å². The fraction of sp³-hybridized carbons (Fsp3) is 0.235. The van der Waals surface area contributed by atoms with E-state index in [1.807, 2.05) is 0 Å². The van der Waals surface area contributed by atoms with Crippen molar-refractivity contribution in [3.05, 3.63) is 46.7 Å². The van der Waals surface area contributed by atoms with Crippen LogP contribution in [-0.2, 0) is 11.8 Å². The largest absolute Gasteiger partial charge is 0.465 e. The Bertz CT molecular complexity index is 1000. The Kier molecular flexibility index (Phi) is 5.13. The number of alkyl halides is 2. The number of methoxy groups -OCH3 is 1. The molecule has 2 aromatic heterocycles. The lowest BCUT2D eigenvalue weighted by atomic mass is 10.1. The fourth-order valence-electron chi connectivity index (χ4n) is 2.67. The predicted octanol–water partition coefficient (Wildman–Crippen LogP) is 3.62. The predicted molar refractivity (Wildman–Crippen MR) is 93.5 cm³/mol. The van der Waals surface area contributed by atoms with E-state index in [1.165, 1.54) is 16.5 Å². The Morgan fingerprint density at radius 2 is 2.04 bits per heavy atom. The van der Waals surface area contributed by atoms with Crippen molar-refractivity contribution in [3.63, 3.8) is 0 Å².